The Bertz CT molecular complexity index is 973. The Kier molecular flexibility index (Phi) is 4.52. The molecule has 1 aromatic heterocycles. The van der Waals surface area contributed by atoms with Crippen LogP contribution in [0.5, 0.6) is 0 Å². The molecule has 0 fully saturated rings. The molecule has 3 nitrogen and oxygen atoms in total. The zero-order valence-electron chi connectivity index (χ0n) is 14.3. The summed E-state index contributed by atoms with van der Waals surface area (Å²) in [5.74, 6) is 0.389. The van der Waals surface area contributed by atoms with Gasteiger partial charge in [-0.05, 0) is 29.8 Å². The van der Waals surface area contributed by atoms with E-state index in [1.807, 2.05) is 91.0 Å². The van der Waals surface area contributed by atoms with Gasteiger partial charge in [0.15, 0.2) is 11.5 Å². The van der Waals surface area contributed by atoms with Crippen LogP contribution in [0, 0.1) is 0 Å². The Morgan fingerprint density at radius 3 is 2.23 bits per heavy atom. The first-order chi connectivity index (χ1) is 12.8. The molecule has 3 aromatic carbocycles. The number of nitrogens with one attached hydrogen (secondary N) is 1. The molecule has 4 aromatic rings. The topological polar surface area (TPSA) is 42.2 Å². The van der Waals surface area contributed by atoms with Crippen LogP contribution in [0.15, 0.2) is 95.4 Å². The molecule has 26 heavy (non-hydrogen) atoms. The number of hydrogen-bond acceptors (Lipinski definition) is 3. The lowest BCUT2D eigenvalue weighted by Crippen LogP contribution is -2.15. The number of para-hydroxylation sites is 2. The van der Waals surface area contributed by atoms with Gasteiger partial charge in [0.1, 0.15) is 5.58 Å². The van der Waals surface area contributed by atoms with Crippen molar-refractivity contribution in [1.82, 2.24) is 0 Å². The Labute approximate surface area is 152 Å². The molecule has 0 spiro atoms. The van der Waals surface area contributed by atoms with Gasteiger partial charge in [0.2, 0.25) is 0 Å². The van der Waals surface area contributed by atoms with Crippen molar-refractivity contribution in [2.45, 2.75) is 12.5 Å². The minimum atomic E-state index is -0.126. The number of anilines is 1. The van der Waals surface area contributed by atoms with Crippen LogP contribution in [0.4, 0.5) is 5.69 Å². The average Bonchev–Trinajstić information content (AvgIpc) is 3.13. The Balaban J connectivity index is 1.60. The number of carbonyl (C=O) groups is 1. The number of furan rings is 1. The molecular weight excluding hydrogens is 322 g/mol. The van der Waals surface area contributed by atoms with Crippen molar-refractivity contribution in [1.29, 1.82) is 0 Å². The van der Waals surface area contributed by atoms with E-state index in [0.29, 0.717) is 12.2 Å². The van der Waals surface area contributed by atoms with E-state index in [-0.39, 0.29) is 11.8 Å². The number of Topliss-reactive ketones (excluding diaryl/α,β-unsaturated/α-hetero) is 1. The van der Waals surface area contributed by atoms with E-state index in [2.05, 4.69) is 5.32 Å². The van der Waals surface area contributed by atoms with Gasteiger partial charge in [0, 0.05) is 17.5 Å². The van der Waals surface area contributed by atoms with Gasteiger partial charge in [0.05, 0.1) is 6.04 Å². The second-order valence-corrected chi connectivity index (χ2v) is 6.25. The second kappa shape index (κ2) is 7.28. The lowest BCUT2D eigenvalue weighted by Gasteiger charge is -2.19. The van der Waals surface area contributed by atoms with Gasteiger partial charge in [0.25, 0.3) is 0 Å². The highest BCUT2D eigenvalue weighted by Gasteiger charge is 2.20. The van der Waals surface area contributed by atoms with Crippen LogP contribution in [-0.2, 0) is 0 Å². The third kappa shape index (κ3) is 3.52. The number of benzene rings is 3. The molecule has 1 N–H and O–H groups in total. The molecule has 0 aliphatic carbocycles. The lowest BCUT2D eigenvalue weighted by molar-refractivity contribution is 0.0951. The molecule has 0 bridgehead atoms. The number of rotatable bonds is 6. The van der Waals surface area contributed by atoms with Crippen LogP contribution in [0.2, 0.25) is 0 Å². The third-order valence-corrected chi connectivity index (χ3v) is 4.41. The summed E-state index contributed by atoms with van der Waals surface area (Å²) in [5, 5.41) is 4.41. The summed E-state index contributed by atoms with van der Waals surface area (Å²) in [6, 6.07) is 29.3. The molecule has 0 amide bonds. The lowest BCUT2D eigenvalue weighted by atomic mass is 10.00. The Hall–Kier alpha value is -3.33. The molecule has 3 heteroatoms. The largest absolute Gasteiger partial charge is 0.453 e. The molecule has 0 aliphatic rings. The quantitative estimate of drug-likeness (QED) is 0.447. The van der Waals surface area contributed by atoms with Gasteiger partial charge in [-0.25, -0.2) is 0 Å². The van der Waals surface area contributed by atoms with Crippen LogP contribution in [0.1, 0.15) is 28.6 Å². The number of carbonyl (C=O) groups excluding carboxylic acids is 1. The first-order valence-electron chi connectivity index (χ1n) is 8.68. The fourth-order valence-electron chi connectivity index (χ4n) is 3.08. The molecule has 0 radical (unpaired) electrons. The predicted molar refractivity (Wildman–Crippen MR) is 104 cm³/mol. The zero-order valence-corrected chi connectivity index (χ0v) is 14.3. The molecule has 1 heterocycles. The molecule has 0 saturated heterocycles. The maximum atomic E-state index is 12.9. The summed E-state index contributed by atoms with van der Waals surface area (Å²) in [7, 11) is 0. The summed E-state index contributed by atoms with van der Waals surface area (Å²) in [5.41, 5.74) is 2.79. The number of ketones is 1. The fraction of sp³-hybridized carbons (Fsp3) is 0.0870. The minimum absolute atomic E-state index is 0.0153. The second-order valence-electron chi connectivity index (χ2n) is 6.25. The monoisotopic (exact) mass is 341 g/mol. The summed E-state index contributed by atoms with van der Waals surface area (Å²) in [6.07, 6.45) is 0.318. The van der Waals surface area contributed by atoms with Gasteiger partial charge in [-0.15, -0.1) is 0 Å². The molecule has 1 atom stereocenters. The van der Waals surface area contributed by atoms with Crippen LogP contribution in [0.25, 0.3) is 11.0 Å². The normalized spacial score (nSPS) is 12.0. The van der Waals surface area contributed by atoms with Crippen LogP contribution in [-0.4, -0.2) is 5.78 Å². The van der Waals surface area contributed by atoms with E-state index in [1.54, 1.807) is 0 Å². The molecule has 128 valence electrons. The maximum Gasteiger partial charge on any atom is 0.200 e. The average molecular weight is 341 g/mol. The van der Waals surface area contributed by atoms with Crippen LogP contribution < -0.4 is 5.32 Å². The summed E-state index contributed by atoms with van der Waals surface area (Å²) in [6.45, 7) is 0. The number of fused-ring (bicyclic) bond motifs is 1. The highest BCUT2D eigenvalue weighted by Crippen LogP contribution is 2.26. The first kappa shape index (κ1) is 16.2. The smallest absolute Gasteiger partial charge is 0.200 e. The van der Waals surface area contributed by atoms with Crippen molar-refractivity contribution in [3.05, 3.63) is 102 Å². The maximum absolute atomic E-state index is 12.9. The van der Waals surface area contributed by atoms with Crippen molar-refractivity contribution in [2.75, 3.05) is 5.32 Å². The molecule has 4 rings (SSSR count). The zero-order chi connectivity index (χ0) is 17.8. The third-order valence-electron chi connectivity index (χ3n) is 4.41. The van der Waals surface area contributed by atoms with Crippen molar-refractivity contribution >= 4 is 22.4 Å². The Morgan fingerprint density at radius 2 is 1.50 bits per heavy atom. The van der Waals surface area contributed by atoms with Gasteiger partial charge in [-0.3, -0.25) is 4.79 Å². The van der Waals surface area contributed by atoms with E-state index in [9.17, 15) is 4.79 Å². The van der Waals surface area contributed by atoms with Crippen LogP contribution in [0.3, 0.4) is 0 Å². The first-order valence-corrected chi connectivity index (χ1v) is 8.68. The standard InChI is InChI=1S/C23H19NO2/c25-21(23-15-18-11-7-8-14-22(18)26-23)16-20(17-9-3-1-4-10-17)24-19-12-5-2-6-13-19/h1-15,20,24H,16H2. The molecule has 1 unspecified atom stereocenters. The van der Waals surface area contributed by atoms with E-state index < -0.39 is 0 Å². The van der Waals surface area contributed by atoms with Crippen molar-refractivity contribution in [2.24, 2.45) is 0 Å². The van der Waals surface area contributed by atoms with Gasteiger partial charge < -0.3 is 9.73 Å². The Morgan fingerprint density at radius 1 is 0.846 bits per heavy atom. The fourth-order valence-corrected chi connectivity index (χ4v) is 3.08. The van der Waals surface area contributed by atoms with Gasteiger partial charge >= 0.3 is 0 Å². The minimum Gasteiger partial charge on any atom is -0.453 e. The number of hydrogen-bond donors (Lipinski definition) is 1. The highest BCUT2D eigenvalue weighted by molar-refractivity contribution is 5.98. The van der Waals surface area contributed by atoms with Gasteiger partial charge in [-0.2, -0.15) is 0 Å². The molecule has 0 saturated carbocycles. The summed E-state index contributed by atoms with van der Waals surface area (Å²) in [4.78, 5) is 12.9. The predicted octanol–water partition coefficient (Wildman–Crippen LogP) is 5.86. The summed E-state index contributed by atoms with van der Waals surface area (Å²) >= 11 is 0. The van der Waals surface area contributed by atoms with Crippen LogP contribution >= 0.6 is 0 Å². The van der Waals surface area contributed by atoms with E-state index in [4.69, 9.17) is 4.42 Å². The van der Waals surface area contributed by atoms with E-state index >= 15 is 0 Å². The van der Waals surface area contributed by atoms with Crippen molar-refractivity contribution in [3.63, 3.8) is 0 Å². The molecular formula is C23H19NO2. The van der Waals surface area contributed by atoms with Crippen molar-refractivity contribution in [3.8, 4) is 0 Å². The van der Waals surface area contributed by atoms with E-state index in [1.165, 1.54) is 0 Å². The van der Waals surface area contributed by atoms with E-state index in [0.717, 1.165) is 22.2 Å². The molecule has 0 aliphatic heterocycles. The van der Waals surface area contributed by atoms with Crippen molar-refractivity contribution < 1.29 is 9.21 Å². The van der Waals surface area contributed by atoms with Gasteiger partial charge in [-0.1, -0.05) is 66.7 Å². The summed E-state index contributed by atoms with van der Waals surface area (Å²) < 4.78 is 5.74. The SMILES string of the molecule is O=C(CC(Nc1ccccc1)c1ccccc1)c1cc2ccccc2o1. The highest BCUT2D eigenvalue weighted by atomic mass is 16.3.